The monoisotopic (exact) mass is 390 g/mol. The van der Waals surface area contributed by atoms with Gasteiger partial charge in [0.1, 0.15) is 0 Å². The predicted molar refractivity (Wildman–Crippen MR) is 87.1 cm³/mol. The number of hydrogen-bond donors (Lipinski definition) is 1. The van der Waals surface area contributed by atoms with E-state index in [2.05, 4.69) is 5.32 Å². The van der Waals surface area contributed by atoms with Gasteiger partial charge in [0.2, 0.25) is 11.8 Å². The molecule has 0 spiro atoms. The van der Waals surface area contributed by atoms with Gasteiger partial charge in [0.05, 0.1) is 23.0 Å². The number of carbonyl (C=O) groups is 2. The van der Waals surface area contributed by atoms with E-state index in [0.29, 0.717) is 12.1 Å². The lowest BCUT2D eigenvalue weighted by Crippen LogP contribution is -2.40. The molecule has 0 aliphatic carbocycles. The zero-order chi connectivity index (χ0) is 19.1. The molecule has 10 heteroatoms. The first kappa shape index (κ1) is 18.7. The van der Waals surface area contributed by atoms with Crippen LogP contribution in [0.25, 0.3) is 0 Å². The smallest absolute Gasteiger partial charge is 0.352 e. The van der Waals surface area contributed by atoms with Crippen LogP contribution in [-0.4, -0.2) is 44.3 Å². The van der Waals surface area contributed by atoms with Crippen LogP contribution in [0.4, 0.5) is 18.9 Å². The van der Waals surface area contributed by atoms with Crippen LogP contribution in [0.15, 0.2) is 24.3 Å². The summed E-state index contributed by atoms with van der Waals surface area (Å²) in [5.41, 5.74) is -0.522. The number of alkyl halides is 3. The molecule has 0 bridgehead atoms. The Morgan fingerprint density at radius 3 is 2.38 bits per heavy atom. The van der Waals surface area contributed by atoms with E-state index in [-0.39, 0.29) is 30.4 Å². The van der Waals surface area contributed by atoms with Crippen molar-refractivity contribution in [2.75, 3.05) is 23.0 Å². The van der Waals surface area contributed by atoms with E-state index < -0.39 is 39.4 Å². The molecule has 142 valence electrons. The summed E-state index contributed by atoms with van der Waals surface area (Å²) in [6.45, 7) is 0.0511. The third kappa shape index (κ3) is 4.00. The van der Waals surface area contributed by atoms with Gasteiger partial charge in [-0.25, -0.2) is 8.42 Å². The second-order valence-electron chi connectivity index (χ2n) is 6.56. The van der Waals surface area contributed by atoms with Crippen LogP contribution in [0.3, 0.4) is 0 Å². The molecular formula is C16H17F3N2O4S. The van der Waals surface area contributed by atoms with E-state index in [1.165, 1.54) is 17.0 Å². The number of carbonyl (C=O) groups excluding carboxylic acids is 2. The summed E-state index contributed by atoms with van der Waals surface area (Å²) in [6.07, 6.45) is -4.18. The topological polar surface area (TPSA) is 83.5 Å². The molecule has 2 saturated heterocycles. The van der Waals surface area contributed by atoms with E-state index in [1.807, 2.05) is 0 Å². The summed E-state index contributed by atoms with van der Waals surface area (Å²) in [4.78, 5) is 25.7. The van der Waals surface area contributed by atoms with Gasteiger partial charge in [0.25, 0.3) is 0 Å². The highest BCUT2D eigenvalue weighted by molar-refractivity contribution is 7.91. The Morgan fingerprint density at radius 2 is 1.85 bits per heavy atom. The third-order valence-electron chi connectivity index (χ3n) is 4.58. The van der Waals surface area contributed by atoms with Gasteiger partial charge in [0, 0.05) is 24.7 Å². The lowest BCUT2D eigenvalue weighted by molar-refractivity contribution is -0.137. The van der Waals surface area contributed by atoms with Crippen LogP contribution in [-0.2, 0) is 25.6 Å². The molecular weight excluding hydrogens is 373 g/mol. The lowest BCUT2D eigenvalue weighted by atomic mass is 10.1. The summed E-state index contributed by atoms with van der Waals surface area (Å²) in [6, 6.07) is 3.72. The van der Waals surface area contributed by atoms with Crippen molar-refractivity contribution in [2.24, 2.45) is 5.92 Å². The maximum atomic E-state index is 12.6. The SMILES string of the molecule is O=C(NC1CCS(=O)(=O)C1)C1CC(=O)N(c2ccc(C(F)(F)F)cc2)C1. The molecule has 0 aromatic heterocycles. The minimum atomic E-state index is -4.46. The standard InChI is InChI=1S/C16H17F3N2O4S/c17-16(18,19)11-1-3-13(4-2-11)21-8-10(7-14(21)22)15(23)20-12-5-6-26(24,25)9-12/h1-4,10,12H,5-9H2,(H,20,23). The summed E-state index contributed by atoms with van der Waals surface area (Å²) in [5.74, 6) is -1.51. The Hall–Kier alpha value is -2.10. The molecule has 26 heavy (non-hydrogen) atoms. The van der Waals surface area contributed by atoms with Crippen molar-refractivity contribution in [3.63, 3.8) is 0 Å². The summed E-state index contributed by atoms with van der Waals surface area (Å²) in [7, 11) is -3.13. The van der Waals surface area contributed by atoms with Gasteiger partial charge in [-0.3, -0.25) is 9.59 Å². The number of anilines is 1. The van der Waals surface area contributed by atoms with E-state index in [1.54, 1.807) is 0 Å². The van der Waals surface area contributed by atoms with Crippen LogP contribution in [0.5, 0.6) is 0 Å². The number of benzene rings is 1. The average molecular weight is 390 g/mol. The first-order chi connectivity index (χ1) is 12.0. The predicted octanol–water partition coefficient (Wildman–Crippen LogP) is 1.36. The number of nitrogens with zero attached hydrogens (tertiary/aromatic N) is 1. The summed E-state index contributed by atoms with van der Waals surface area (Å²) < 4.78 is 60.7. The Balaban J connectivity index is 1.64. The highest BCUT2D eigenvalue weighted by Crippen LogP contribution is 2.32. The molecule has 0 saturated carbocycles. The van der Waals surface area contributed by atoms with Crippen molar-refractivity contribution < 1.29 is 31.2 Å². The summed E-state index contributed by atoms with van der Waals surface area (Å²) in [5, 5.41) is 2.65. The van der Waals surface area contributed by atoms with Gasteiger partial charge in [0.15, 0.2) is 9.84 Å². The van der Waals surface area contributed by atoms with E-state index in [0.717, 1.165) is 12.1 Å². The van der Waals surface area contributed by atoms with E-state index >= 15 is 0 Å². The Labute approximate surface area is 148 Å². The fourth-order valence-electron chi connectivity index (χ4n) is 3.19. The summed E-state index contributed by atoms with van der Waals surface area (Å²) >= 11 is 0. The number of halogens is 3. The van der Waals surface area contributed by atoms with Gasteiger partial charge >= 0.3 is 6.18 Å². The minimum Gasteiger partial charge on any atom is -0.352 e. The van der Waals surface area contributed by atoms with Crippen molar-refractivity contribution in [3.8, 4) is 0 Å². The van der Waals surface area contributed by atoms with Gasteiger partial charge in [-0.05, 0) is 30.7 Å². The maximum absolute atomic E-state index is 12.6. The first-order valence-electron chi connectivity index (χ1n) is 8.03. The van der Waals surface area contributed by atoms with Crippen molar-refractivity contribution >= 4 is 27.3 Å². The zero-order valence-corrected chi connectivity index (χ0v) is 14.4. The first-order valence-corrected chi connectivity index (χ1v) is 9.86. The molecule has 2 aliphatic rings. The van der Waals surface area contributed by atoms with Crippen molar-refractivity contribution in [1.29, 1.82) is 0 Å². The molecule has 2 heterocycles. The quantitative estimate of drug-likeness (QED) is 0.845. The van der Waals surface area contributed by atoms with Gasteiger partial charge in [-0.1, -0.05) is 0 Å². The number of nitrogens with one attached hydrogen (secondary N) is 1. The largest absolute Gasteiger partial charge is 0.416 e. The van der Waals surface area contributed by atoms with E-state index in [9.17, 15) is 31.2 Å². The Morgan fingerprint density at radius 1 is 1.19 bits per heavy atom. The molecule has 1 aromatic carbocycles. The fraction of sp³-hybridized carbons (Fsp3) is 0.500. The average Bonchev–Trinajstić information content (AvgIpc) is 3.09. The minimum absolute atomic E-state index is 0.0270. The Kier molecular flexibility index (Phi) is 4.72. The van der Waals surface area contributed by atoms with Crippen molar-refractivity contribution in [1.82, 2.24) is 5.32 Å². The van der Waals surface area contributed by atoms with Gasteiger partial charge in [-0.2, -0.15) is 13.2 Å². The number of hydrogen-bond acceptors (Lipinski definition) is 4. The van der Waals surface area contributed by atoms with Crippen LogP contribution in [0.1, 0.15) is 18.4 Å². The maximum Gasteiger partial charge on any atom is 0.416 e. The third-order valence-corrected chi connectivity index (χ3v) is 6.35. The van der Waals surface area contributed by atoms with Gasteiger partial charge < -0.3 is 10.2 Å². The van der Waals surface area contributed by atoms with E-state index in [4.69, 9.17) is 0 Å². The highest BCUT2D eigenvalue weighted by atomic mass is 32.2. The van der Waals surface area contributed by atoms with Crippen LogP contribution in [0, 0.1) is 5.92 Å². The molecule has 6 nitrogen and oxygen atoms in total. The molecule has 0 radical (unpaired) electrons. The van der Waals surface area contributed by atoms with Gasteiger partial charge in [-0.15, -0.1) is 0 Å². The van der Waals surface area contributed by atoms with Crippen LogP contribution in [0.2, 0.25) is 0 Å². The molecule has 2 aliphatic heterocycles. The zero-order valence-electron chi connectivity index (χ0n) is 13.6. The molecule has 2 amide bonds. The Bertz CT molecular complexity index is 821. The van der Waals surface area contributed by atoms with Crippen LogP contribution >= 0.6 is 0 Å². The van der Waals surface area contributed by atoms with Crippen molar-refractivity contribution in [2.45, 2.75) is 25.1 Å². The lowest BCUT2D eigenvalue weighted by Gasteiger charge is -2.18. The second kappa shape index (κ2) is 6.57. The molecule has 2 fully saturated rings. The molecule has 1 aromatic rings. The highest BCUT2D eigenvalue weighted by Gasteiger charge is 2.38. The fourth-order valence-corrected chi connectivity index (χ4v) is 4.86. The number of sulfone groups is 1. The molecule has 3 rings (SSSR count). The van der Waals surface area contributed by atoms with Crippen LogP contribution < -0.4 is 10.2 Å². The molecule has 2 unspecified atom stereocenters. The second-order valence-corrected chi connectivity index (χ2v) is 8.79. The number of amides is 2. The normalized spacial score (nSPS) is 25.5. The molecule has 1 N–H and O–H groups in total. The molecule has 2 atom stereocenters. The van der Waals surface area contributed by atoms with Crippen molar-refractivity contribution in [3.05, 3.63) is 29.8 Å². The number of rotatable bonds is 3.